The van der Waals surface area contributed by atoms with Crippen LogP contribution in [0.4, 0.5) is 11.4 Å². The van der Waals surface area contributed by atoms with Gasteiger partial charge in [-0.2, -0.15) is 0 Å². The molecule has 3 aromatic rings. The number of amides is 1. The number of nitrogens with zero attached hydrogens (tertiary/aromatic N) is 2. The molecule has 5 heteroatoms. The third kappa shape index (κ3) is 2.57. The Labute approximate surface area is 148 Å². The van der Waals surface area contributed by atoms with Gasteiger partial charge in [-0.3, -0.25) is 14.7 Å². The molecule has 0 spiro atoms. The van der Waals surface area contributed by atoms with Crippen molar-refractivity contribution in [3.05, 3.63) is 88.7 Å². The van der Waals surface area contributed by atoms with E-state index < -0.39 is 0 Å². The highest BCUT2D eigenvalue weighted by Crippen LogP contribution is 2.37. The predicted octanol–water partition coefficient (Wildman–Crippen LogP) is 4.62. The maximum Gasteiger partial charge on any atom is 0.260 e. The van der Waals surface area contributed by atoms with Crippen LogP contribution in [0.2, 0.25) is 0 Å². The molecule has 1 unspecified atom stereocenters. The molecule has 118 valence electrons. The van der Waals surface area contributed by atoms with Gasteiger partial charge in [0.15, 0.2) is 0 Å². The molecule has 1 aromatic heterocycles. The van der Waals surface area contributed by atoms with Gasteiger partial charge in [0.05, 0.1) is 11.9 Å². The summed E-state index contributed by atoms with van der Waals surface area (Å²) in [6.45, 7) is 0. The summed E-state index contributed by atoms with van der Waals surface area (Å²) in [7, 11) is 0. The monoisotopic (exact) mass is 379 g/mol. The van der Waals surface area contributed by atoms with Crippen molar-refractivity contribution in [1.82, 2.24) is 4.98 Å². The van der Waals surface area contributed by atoms with Crippen LogP contribution in [0.15, 0.2) is 77.5 Å². The average Bonchev–Trinajstić information content (AvgIpc) is 2.90. The number of aromatic nitrogens is 1. The van der Waals surface area contributed by atoms with E-state index in [1.807, 2.05) is 60.7 Å². The van der Waals surface area contributed by atoms with E-state index in [1.165, 1.54) is 0 Å². The lowest BCUT2D eigenvalue weighted by atomic mass is 10.1. The first kappa shape index (κ1) is 14.9. The van der Waals surface area contributed by atoms with Crippen LogP contribution in [0.1, 0.15) is 22.1 Å². The molecule has 0 saturated carbocycles. The second-order valence-electron chi connectivity index (χ2n) is 5.53. The highest BCUT2D eigenvalue weighted by Gasteiger charge is 2.37. The van der Waals surface area contributed by atoms with E-state index in [1.54, 1.807) is 17.3 Å². The Bertz CT molecular complexity index is 881. The summed E-state index contributed by atoms with van der Waals surface area (Å²) in [5.41, 5.74) is 3.40. The molecule has 1 atom stereocenters. The van der Waals surface area contributed by atoms with Gasteiger partial charge in [-0.05, 0) is 42.5 Å². The van der Waals surface area contributed by atoms with E-state index in [0.717, 1.165) is 27.0 Å². The van der Waals surface area contributed by atoms with Crippen molar-refractivity contribution in [1.29, 1.82) is 0 Å². The maximum atomic E-state index is 12.9. The van der Waals surface area contributed by atoms with E-state index in [9.17, 15) is 4.79 Å². The number of halogens is 1. The van der Waals surface area contributed by atoms with Crippen molar-refractivity contribution in [2.45, 2.75) is 6.17 Å². The molecule has 1 amide bonds. The van der Waals surface area contributed by atoms with Gasteiger partial charge >= 0.3 is 0 Å². The van der Waals surface area contributed by atoms with Crippen LogP contribution in [-0.4, -0.2) is 10.9 Å². The van der Waals surface area contributed by atoms with Crippen LogP contribution >= 0.6 is 15.9 Å². The SMILES string of the molecule is O=C1c2ccccc2C(Nc2ccc(Br)cc2)N1c1cccnc1. The van der Waals surface area contributed by atoms with Gasteiger partial charge in [0.1, 0.15) is 6.17 Å². The first-order chi connectivity index (χ1) is 11.7. The Morgan fingerprint density at radius 1 is 1.00 bits per heavy atom. The molecule has 0 radical (unpaired) electrons. The summed E-state index contributed by atoms with van der Waals surface area (Å²) in [5, 5.41) is 3.46. The molecule has 4 nitrogen and oxygen atoms in total. The van der Waals surface area contributed by atoms with Crippen LogP contribution in [0.3, 0.4) is 0 Å². The van der Waals surface area contributed by atoms with E-state index in [4.69, 9.17) is 0 Å². The summed E-state index contributed by atoms with van der Waals surface area (Å²) < 4.78 is 1.01. The third-order valence-corrected chi connectivity index (χ3v) is 4.56. The number of nitrogens with one attached hydrogen (secondary N) is 1. The van der Waals surface area contributed by atoms with Gasteiger partial charge in [-0.15, -0.1) is 0 Å². The molecule has 1 N–H and O–H groups in total. The van der Waals surface area contributed by atoms with Crippen molar-refractivity contribution in [2.24, 2.45) is 0 Å². The van der Waals surface area contributed by atoms with Gasteiger partial charge in [0.25, 0.3) is 5.91 Å². The number of hydrogen-bond acceptors (Lipinski definition) is 3. The predicted molar refractivity (Wildman–Crippen MR) is 98.0 cm³/mol. The standard InChI is InChI=1S/C19H14BrN3O/c20-13-7-9-14(10-8-13)22-18-16-5-1-2-6-17(16)19(24)23(18)15-4-3-11-21-12-15/h1-12,18,22H. The fraction of sp³-hybridized carbons (Fsp3) is 0.0526. The van der Waals surface area contributed by atoms with Crippen LogP contribution in [0.5, 0.6) is 0 Å². The second-order valence-corrected chi connectivity index (χ2v) is 6.44. The molecule has 0 bridgehead atoms. The minimum absolute atomic E-state index is 0.0202. The molecule has 0 saturated heterocycles. The van der Waals surface area contributed by atoms with Crippen LogP contribution in [-0.2, 0) is 0 Å². The lowest BCUT2D eigenvalue weighted by Gasteiger charge is -2.27. The van der Waals surface area contributed by atoms with E-state index in [2.05, 4.69) is 26.2 Å². The number of rotatable bonds is 3. The molecule has 1 aliphatic rings. The number of benzene rings is 2. The highest BCUT2D eigenvalue weighted by atomic mass is 79.9. The van der Waals surface area contributed by atoms with E-state index in [0.29, 0.717) is 0 Å². The number of pyridine rings is 1. The Morgan fingerprint density at radius 3 is 2.54 bits per heavy atom. The topological polar surface area (TPSA) is 45.2 Å². The zero-order valence-corrected chi connectivity index (χ0v) is 14.3. The average molecular weight is 380 g/mol. The fourth-order valence-corrected chi connectivity index (χ4v) is 3.19. The van der Waals surface area contributed by atoms with Gasteiger partial charge in [-0.25, -0.2) is 0 Å². The zero-order valence-electron chi connectivity index (χ0n) is 12.7. The Morgan fingerprint density at radius 2 is 1.79 bits per heavy atom. The van der Waals surface area contributed by atoms with Crippen molar-refractivity contribution in [3.8, 4) is 0 Å². The number of fused-ring (bicyclic) bond motifs is 1. The van der Waals surface area contributed by atoms with E-state index in [-0.39, 0.29) is 12.1 Å². The lowest BCUT2D eigenvalue weighted by molar-refractivity contribution is 0.0993. The number of carbonyl (C=O) groups is 1. The summed E-state index contributed by atoms with van der Waals surface area (Å²) in [6.07, 6.45) is 3.15. The third-order valence-electron chi connectivity index (χ3n) is 4.03. The fourth-order valence-electron chi connectivity index (χ4n) is 2.93. The van der Waals surface area contributed by atoms with Gasteiger partial charge in [0.2, 0.25) is 0 Å². The number of hydrogen-bond donors (Lipinski definition) is 1. The summed E-state index contributed by atoms with van der Waals surface area (Å²) in [6, 6.07) is 19.3. The van der Waals surface area contributed by atoms with Gasteiger partial charge in [0, 0.05) is 27.5 Å². The zero-order chi connectivity index (χ0) is 16.5. The van der Waals surface area contributed by atoms with Crippen LogP contribution in [0, 0.1) is 0 Å². The van der Waals surface area contributed by atoms with Crippen LogP contribution < -0.4 is 10.2 Å². The molecule has 24 heavy (non-hydrogen) atoms. The molecular formula is C19H14BrN3O. The minimum atomic E-state index is -0.265. The van der Waals surface area contributed by atoms with E-state index >= 15 is 0 Å². The molecule has 2 heterocycles. The minimum Gasteiger partial charge on any atom is -0.361 e. The second kappa shape index (κ2) is 6.09. The lowest BCUT2D eigenvalue weighted by Crippen LogP contribution is -2.32. The van der Waals surface area contributed by atoms with Gasteiger partial charge in [-0.1, -0.05) is 34.1 Å². The van der Waals surface area contributed by atoms with Crippen molar-refractivity contribution < 1.29 is 4.79 Å². The first-order valence-electron chi connectivity index (χ1n) is 7.59. The Balaban J connectivity index is 1.77. The summed E-state index contributed by atoms with van der Waals surface area (Å²) >= 11 is 3.44. The molecule has 0 fully saturated rings. The molecular weight excluding hydrogens is 366 g/mol. The highest BCUT2D eigenvalue weighted by molar-refractivity contribution is 9.10. The normalized spacial score (nSPS) is 16.1. The molecule has 4 rings (SSSR count). The van der Waals surface area contributed by atoms with Crippen molar-refractivity contribution in [2.75, 3.05) is 10.2 Å². The molecule has 0 aliphatic carbocycles. The summed E-state index contributed by atoms with van der Waals surface area (Å²) in [4.78, 5) is 18.8. The number of carbonyl (C=O) groups excluding carboxylic acids is 1. The van der Waals surface area contributed by atoms with Crippen molar-refractivity contribution >= 4 is 33.2 Å². The maximum absolute atomic E-state index is 12.9. The number of anilines is 2. The first-order valence-corrected chi connectivity index (χ1v) is 8.38. The molecule has 2 aromatic carbocycles. The smallest absolute Gasteiger partial charge is 0.260 e. The Kier molecular flexibility index (Phi) is 3.78. The quantitative estimate of drug-likeness (QED) is 0.722. The largest absolute Gasteiger partial charge is 0.361 e. The molecule has 1 aliphatic heterocycles. The van der Waals surface area contributed by atoms with Gasteiger partial charge < -0.3 is 5.32 Å². The summed E-state index contributed by atoms with van der Waals surface area (Å²) in [5.74, 6) is -0.0202. The Hall–Kier alpha value is -2.66. The van der Waals surface area contributed by atoms with Crippen molar-refractivity contribution in [3.63, 3.8) is 0 Å². The van der Waals surface area contributed by atoms with Crippen LogP contribution in [0.25, 0.3) is 0 Å².